The van der Waals surface area contributed by atoms with E-state index in [-0.39, 0.29) is 11.5 Å². The van der Waals surface area contributed by atoms with E-state index in [0.717, 1.165) is 37.2 Å². The molecule has 0 bridgehead atoms. The number of nitrogens with one attached hydrogen (secondary N) is 1. The number of rotatable bonds is 5. The summed E-state index contributed by atoms with van der Waals surface area (Å²) < 4.78 is 1.32. The average molecular weight is 408 g/mol. The highest BCUT2D eigenvalue weighted by molar-refractivity contribution is 5.94. The third-order valence-electron chi connectivity index (χ3n) is 5.40. The molecule has 0 atom stereocenters. The summed E-state index contributed by atoms with van der Waals surface area (Å²) in [6.45, 7) is 2.32. The van der Waals surface area contributed by atoms with Gasteiger partial charge in [0.2, 0.25) is 5.82 Å². The van der Waals surface area contributed by atoms with E-state index in [1.807, 2.05) is 12.1 Å². The first-order valence-corrected chi connectivity index (χ1v) is 9.90. The van der Waals surface area contributed by atoms with Crippen molar-refractivity contribution in [3.8, 4) is 11.4 Å². The number of aryl methyl sites for hydroxylation is 2. The molecule has 0 spiro atoms. The summed E-state index contributed by atoms with van der Waals surface area (Å²) in [5, 5.41) is 19.1. The molecular weight excluding hydrogens is 384 g/mol. The minimum Gasteiger partial charge on any atom is -0.370 e. The molecule has 1 N–H and O–H groups in total. The second-order valence-corrected chi connectivity index (χ2v) is 7.50. The standard InChI is InChI=1S/C20H24N8O2/c1-26-18(29)11-17(13-22-26)28-9-7-14(8-10-28)12-21-20(30)16-5-3-15(4-6-16)19-23-25-27(2)24-19/h3-6,11,13-14H,7-10,12H2,1-2H3,(H,21,30). The molecule has 30 heavy (non-hydrogen) atoms. The highest BCUT2D eigenvalue weighted by Crippen LogP contribution is 2.21. The van der Waals surface area contributed by atoms with Crippen molar-refractivity contribution in [3.05, 3.63) is 52.4 Å². The van der Waals surface area contributed by atoms with Crippen molar-refractivity contribution >= 4 is 11.6 Å². The van der Waals surface area contributed by atoms with Crippen molar-refractivity contribution < 1.29 is 4.79 Å². The summed E-state index contributed by atoms with van der Waals surface area (Å²) in [7, 11) is 3.35. The zero-order valence-corrected chi connectivity index (χ0v) is 17.0. The van der Waals surface area contributed by atoms with E-state index in [1.54, 1.807) is 38.5 Å². The number of anilines is 1. The zero-order valence-electron chi connectivity index (χ0n) is 17.0. The largest absolute Gasteiger partial charge is 0.370 e. The zero-order chi connectivity index (χ0) is 21.1. The molecule has 1 aliphatic heterocycles. The molecule has 2 aromatic heterocycles. The van der Waals surface area contributed by atoms with Gasteiger partial charge in [-0.3, -0.25) is 9.59 Å². The summed E-state index contributed by atoms with van der Waals surface area (Å²) in [4.78, 5) is 27.8. The molecule has 1 amide bonds. The van der Waals surface area contributed by atoms with Crippen LogP contribution in [0.4, 0.5) is 5.69 Å². The summed E-state index contributed by atoms with van der Waals surface area (Å²) in [5.74, 6) is 0.849. The minimum atomic E-state index is -0.108. The van der Waals surface area contributed by atoms with Crippen molar-refractivity contribution in [3.63, 3.8) is 0 Å². The fourth-order valence-corrected chi connectivity index (χ4v) is 3.54. The fourth-order valence-electron chi connectivity index (χ4n) is 3.54. The number of aromatic nitrogens is 6. The second kappa shape index (κ2) is 8.44. The van der Waals surface area contributed by atoms with Crippen LogP contribution in [0.2, 0.25) is 0 Å². The van der Waals surface area contributed by atoms with Crippen molar-refractivity contribution in [2.45, 2.75) is 12.8 Å². The average Bonchev–Trinajstić information content (AvgIpc) is 3.21. The Kier molecular flexibility index (Phi) is 5.55. The van der Waals surface area contributed by atoms with Crippen LogP contribution < -0.4 is 15.8 Å². The number of tetrazole rings is 1. The van der Waals surface area contributed by atoms with E-state index in [9.17, 15) is 9.59 Å². The maximum Gasteiger partial charge on any atom is 0.268 e. The number of hydrogen-bond donors (Lipinski definition) is 1. The van der Waals surface area contributed by atoms with E-state index in [4.69, 9.17) is 0 Å². The van der Waals surface area contributed by atoms with Gasteiger partial charge in [-0.1, -0.05) is 12.1 Å². The normalized spacial score (nSPS) is 14.7. The highest BCUT2D eigenvalue weighted by atomic mass is 16.1. The van der Waals surface area contributed by atoms with Gasteiger partial charge in [-0.2, -0.15) is 9.90 Å². The number of carbonyl (C=O) groups excluding carboxylic acids is 1. The van der Waals surface area contributed by atoms with Crippen LogP contribution in [-0.2, 0) is 14.1 Å². The van der Waals surface area contributed by atoms with Crippen LogP contribution in [-0.4, -0.2) is 55.5 Å². The van der Waals surface area contributed by atoms with E-state index in [0.29, 0.717) is 23.9 Å². The third kappa shape index (κ3) is 4.37. The highest BCUT2D eigenvalue weighted by Gasteiger charge is 2.21. The van der Waals surface area contributed by atoms with E-state index in [2.05, 4.69) is 30.7 Å². The number of nitrogens with zero attached hydrogens (tertiary/aromatic N) is 7. The molecule has 10 nitrogen and oxygen atoms in total. The van der Waals surface area contributed by atoms with Gasteiger partial charge in [-0.15, -0.1) is 10.2 Å². The summed E-state index contributed by atoms with van der Waals surface area (Å²) in [5.41, 5.74) is 2.17. The van der Waals surface area contributed by atoms with Crippen molar-refractivity contribution in [1.82, 2.24) is 35.3 Å². The monoisotopic (exact) mass is 408 g/mol. The first kappa shape index (κ1) is 19.7. The summed E-state index contributed by atoms with van der Waals surface area (Å²) in [6, 6.07) is 8.81. The topological polar surface area (TPSA) is 111 Å². The molecule has 1 aliphatic rings. The van der Waals surface area contributed by atoms with Crippen LogP contribution in [0.3, 0.4) is 0 Å². The Labute approximate surface area is 173 Å². The van der Waals surface area contributed by atoms with Crippen LogP contribution in [0.5, 0.6) is 0 Å². The predicted molar refractivity (Wildman–Crippen MR) is 111 cm³/mol. The molecule has 1 fully saturated rings. The van der Waals surface area contributed by atoms with Crippen LogP contribution in [0.1, 0.15) is 23.2 Å². The molecule has 1 saturated heterocycles. The lowest BCUT2D eigenvalue weighted by Crippen LogP contribution is -2.39. The van der Waals surface area contributed by atoms with Gasteiger partial charge in [0.25, 0.3) is 11.5 Å². The van der Waals surface area contributed by atoms with E-state index < -0.39 is 0 Å². The first-order chi connectivity index (χ1) is 14.5. The second-order valence-electron chi connectivity index (χ2n) is 7.50. The molecule has 0 unspecified atom stereocenters. The lowest BCUT2D eigenvalue weighted by Gasteiger charge is -2.33. The van der Waals surface area contributed by atoms with Crippen LogP contribution in [0.15, 0.2) is 41.3 Å². The SMILES string of the molecule is Cn1nnc(-c2ccc(C(=O)NCC3CCN(c4cnn(C)c(=O)c4)CC3)cc2)n1. The Balaban J connectivity index is 1.27. The molecular formula is C20H24N8O2. The molecule has 0 saturated carbocycles. The molecule has 156 valence electrons. The molecule has 4 rings (SSSR count). The molecule has 3 heterocycles. The van der Waals surface area contributed by atoms with Gasteiger partial charge in [0, 0.05) is 43.9 Å². The van der Waals surface area contributed by atoms with Crippen LogP contribution in [0, 0.1) is 5.92 Å². The molecule has 0 aliphatic carbocycles. The molecule has 1 aromatic carbocycles. The van der Waals surface area contributed by atoms with Crippen LogP contribution >= 0.6 is 0 Å². The Morgan fingerprint density at radius 1 is 1.17 bits per heavy atom. The van der Waals surface area contributed by atoms with Crippen molar-refractivity contribution in [1.29, 1.82) is 0 Å². The lowest BCUT2D eigenvalue weighted by molar-refractivity contribution is 0.0945. The van der Waals surface area contributed by atoms with Crippen molar-refractivity contribution in [2.75, 3.05) is 24.5 Å². The van der Waals surface area contributed by atoms with Crippen LogP contribution in [0.25, 0.3) is 11.4 Å². The summed E-state index contributed by atoms with van der Waals surface area (Å²) in [6.07, 6.45) is 3.63. The maximum atomic E-state index is 12.5. The molecule has 10 heteroatoms. The number of benzene rings is 1. The first-order valence-electron chi connectivity index (χ1n) is 9.90. The number of piperidine rings is 1. The molecule has 3 aromatic rings. The van der Waals surface area contributed by atoms with Gasteiger partial charge >= 0.3 is 0 Å². The number of carbonyl (C=O) groups is 1. The predicted octanol–water partition coefficient (Wildman–Crippen LogP) is 0.617. The van der Waals surface area contributed by atoms with Gasteiger partial charge in [0.05, 0.1) is 18.9 Å². The van der Waals surface area contributed by atoms with Crippen molar-refractivity contribution in [2.24, 2.45) is 20.0 Å². The number of hydrogen-bond acceptors (Lipinski definition) is 7. The minimum absolute atomic E-state index is 0.0909. The quantitative estimate of drug-likeness (QED) is 0.659. The van der Waals surface area contributed by atoms with E-state index >= 15 is 0 Å². The fraction of sp³-hybridized carbons (Fsp3) is 0.400. The lowest BCUT2D eigenvalue weighted by atomic mass is 9.96. The Hall–Kier alpha value is -3.56. The molecule has 0 radical (unpaired) electrons. The van der Waals surface area contributed by atoms with Gasteiger partial charge in [-0.25, -0.2) is 4.68 Å². The van der Waals surface area contributed by atoms with Gasteiger partial charge in [0.1, 0.15) is 0 Å². The smallest absolute Gasteiger partial charge is 0.268 e. The number of amides is 1. The van der Waals surface area contributed by atoms with Gasteiger partial charge in [-0.05, 0) is 36.1 Å². The Bertz CT molecular complexity index is 1080. The van der Waals surface area contributed by atoms with Gasteiger partial charge in [0.15, 0.2) is 0 Å². The summed E-state index contributed by atoms with van der Waals surface area (Å²) >= 11 is 0. The maximum absolute atomic E-state index is 12.5. The van der Waals surface area contributed by atoms with Gasteiger partial charge < -0.3 is 10.2 Å². The van der Waals surface area contributed by atoms with E-state index in [1.165, 1.54) is 9.48 Å². The Morgan fingerprint density at radius 3 is 2.53 bits per heavy atom. The Morgan fingerprint density at radius 2 is 1.90 bits per heavy atom. The third-order valence-corrected chi connectivity index (χ3v) is 5.40.